The summed E-state index contributed by atoms with van der Waals surface area (Å²) in [6.45, 7) is 0.818. The predicted molar refractivity (Wildman–Crippen MR) is 84.5 cm³/mol. The number of carbonyl (C=O) groups excluding carboxylic acids is 2. The van der Waals surface area contributed by atoms with Crippen LogP contribution in [0.5, 0.6) is 0 Å². The van der Waals surface area contributed by atoms with E-state index in [2.05, 4.69) is 5.32 Å². The van der Waals surface area contributed by atoms with Crippen molar-refractivity contribution in [2.75, 3.05) is 13.6 Å². The zero-order valence-corrected chi connectivity index (χ0v) is 13.3. The van der Waals surface area contributed by atoms with E-state index in [0.29, 0.717) is 18.7 Å². The molecule has 2 aliphatic rings. The monoisotopic (exact) mass is 329 g/mol. The zero-order chi connectivity index (χ0) is 16.0. The fourth-order valence-electron chi connectivity index (χ4n) is 3.01. The topological polar surface area (TPSA) is 65.8 Å². The second kappa shape index (κ2) is 5.27. The molecule has 0 radical (unpaired) electrons. The Labute approximate surface area is 137 Å². The molecular weight excluding hydrogens is 314 g/mol. The lowest BCUT2D eigenvalue weighted by Gasteiger charge is -2.30. The molecule has 2 aromatic heterocycles. The number of carbonyl (C=O) groups is 2. The van der Waals surface area contributed by atoms with Crippen LogP contribution in [0.4, 0.5) is 4.79 Å². The molecule has 0 bridgehead atoms. The van der Waals surface area contributed by atoms with Gasteiger partial charge in [0.15, 0.2) is 0 Å². The van der Waals surface area contributed by atoms with Crippen LogP contribution in [0.15, 0.2) is 51.6 Å². The number of likely N-dealkylation sites (N-methyl/N-ethyl adjacent to an activating group) is 1. The van der Waals surface area contributed by atoms with Crippen LogP contribution in [0, 0.1) is 0 Å². The zero-order valence-electron chi connectivity index (χ0n) is 12.5. The number of hydrogen-bond acceptors (Lipinski definition) is 4. The molecule has 0 aromatic carbocycles. The summed E-state index contributed by atoms with van der Waals surface area (Å²) in [5.41, 5.74) is 1.42. The molecular formula is C16H15N3O3S. The predicted octanol–water partition coefficient (Wildman–Crippen LogP) is 2.33. The van der Waals surface area contributed by atoms with E-state index >= 15 is 0 Å². The maximum atomic E-state index is 12.9. The van der Waals surface area contributed by atoms with Crippen LogP contribution in [-0.4, -0.2) is 35.3 Å². The molecule has 2 aromatic rings. The summed E-state index contributed by atoms with van der Waals surface area (Å²) in [6, 6.07) is 6.94. The van der Waals surface area contributed by atoms with Crippen molar-refractivity contribution >= 4 is 23.3 Å². The van der Waals surface area contributed by atoms with Gasteiger partial charge in [0.2, 0.25) is 0 Å². The standard InChI is InChI=1S/C16H15N3O3S/c1-18-11-9-19(8-10-4-2-6-22-10)15(20)13(11)14(17-16(18)21)12-5-3-7-23-12/h2-7,14H,8-9H2,1H3,(H,17,21). The van der Waals surface area contributed by atoms with Gasteiger partial charge in [-0.3, -0.25) is 9.69 Å². The molecule has 0 aliphatic carbocycles. The summed E-state index contributed by atoms with van der Waals surface area (Å²) in [7, 11) is 1.69. The highest BCUT2D eigenvalue weighted by atomic mass is 32.1. The van der Waals surface area contributed by atoms with Gasteiger partial charge in [0, 0.05) is 11.9 Å². The lowest BCUT2D eigenvalue weighted by Crippen LogP contribution is -2.45. The number of thiophene rings is 1. The van der Waals surface area contributed by atoms with E-state index in [0.717, 1.165) is 16.3 Å². The molecule has 118 valence electrons. The molecule has 7 heteroatoms. The van der Waals surface area contributed by atoms with Gasteiger partial charge in [-0.05, 0) is 23.6 Å². The number of amides is 3. The second-order valence-electron chi connectivity index (χ2n) is 5.56. The molecule has 6 nitrogen and oxygen atoms in total. The van der Waals surface area contributed by atoms with Crippen molar-refractivity contribution in [2.45, 2.75) is 12.6 Å². The summed E-state index contributed by atoms with van der Waals surface area (Å²) in [6.07, 6.45) is 1.59. The number of rotatable bonds is 3. The maximum Gasteiger partial charge on any atom is 0.322 e. The van der Waals surface area contributed by atoms with Gasteiger partial charge in [-0.1, -0.05) is 6.07 Å². The van der Waals surface area contributed by atoms with E-state index in [1.165, 1.54) is 16.2 Å². The Morgan fingerprint density at radius 3 is 2.91 bits per heavy atom. The molecule has 23 heavy (non-hydrogen) atoms. The van der Waals surface area contributed by atoms with Crippen LogP contribution < -0.4 is 5.32 Å². The van der Waals surface area contributed by atoms with Gasteiger partial charge in [-0.25, -0.2) is 4.79 Å². The quantitative estimate of drug-likeness (QED) is 0.940. The van der Waals surface area contributed by atoms with E-state index in [9.17, 15) is 9.59 Å². The SMILES string of the molecule is CN1C(=O)NC(c2cccs2)C2=C1CN(Cc1ccco1)C2=O. The van der Waals surface area contributed by atoms with E-state index in [1.807, 2.05) is 23.6 Å². The highest BCUT2D eigenvalue weighted by Crippen LogP contribution is 2.37. The van der Waals surface area contributed by atoms with Gasteiger partial charge >= 0.3 is 6.03 Å². The summed E-state index contributed by atoms with van der Waals surface area (Å²) in [5, 5.41) is 4.86. The minimum Gasteiger partial charge on any atom is -0.467 e. The third-order valence-corrected chi connectivity index (χ3v) is 5.13. The Bertz CT molecular complexity index is 780. The van der Waals surface area contributed by atoms with E-state index < -0.39 is 0 Å². The first-order valence-corrected chi connectivity index (χ1v) is 8.15. The number of nitrogens with zero attached hydrogens (tertiary/aromatic N) is 2. The minimum absolute atomic E-state index is 0.0540. The number of furan rings is 1. The fraction of sp³-hybridized carbons (Fsp3) is 0.250. The van der Waals surface area contributed by atoms with Crippen molar-refractivity contribution in [2.24, 2.45) is 0 Å². The van der Waals surface area contributed by atoms with E-state index in [4.69, 9.17) is 4.42 Å². The third-order valence-electron chi connectivity index (χ3n) is 4.19. The van der Waals surface area contributed by atoms with Gasteiger partial charge in [0.25, 0.3) is 5.91 Å². The van der Waals surface area contributed by atoms with Crippen molar-refractivity contribution in [1.82, 2.24) is 15.1 Å². The normalized spacial score (nSPS) is 21.0. The Hall–Kier alpha value is -2.54. The summed E-state index contributed by atoms with van der Waals surface area (Å²) >= 11 is 1.53. The molecule has 3 amide bonds. The molecule has 0 fully saturated rings. The van der Waals surface area contributed by atoms with Crippen LogP contribution in [0.3, 0.4) is 0 Å². The number of hydrogen-bond donors (Lipinski definition) is 1. The molecule has 4 rings (SSSR count). The fourth-order valence-corrected chi connectivity index (χ4v) is 3.79. The third kappa shape index (κ3) is 2.24. The number of nitrogens with one attached hydrogen (secondary N) is 1. The van der Waals surface area contributed by atoms with Crippen molar-refractivity contribution in [3.8, 4) is 0 Å². The number of urea groups is 1. The Morgan fingerprint density at radius 2 is 2.22 bits per heavy atom. The molecule has 0 saturated heterocycles. The highest BCUT2D eigenvalue weighted by Gasteiger charge is 2.43. The molecule has 1 atom stereocenters. The lowest BCUT2D eigenvalue weighted by molar-refractivity contribution is -0.126. The first-order valence-electron chi connectivity index (χ1n) is 7.27. The Kier molecular flexibility index (Phi) is 3.23. The average Bonchev–Trinajstić information content (AvgIpc) is 3.26. The van der Waals surface area contributed by atoms with Gasteiger partial charge < -0.3 is 14.6 Å². The van der Waals surface area contributed by atoms with Crippen LogP contribution >= 0.6 is 11.3 Å². The van der Waals surface area contributed by atoms with Crippen LogP contribution in [0.2, 0.25) is 0 Å². The van der Waals surface area contributed by atoms with Gasteiger partial charge in [-0.2, -0.15) is 0 Å². The maximum absolute atomic E-state index is 12.9. The average molecular weight is 329 g/mol. The van der Waals surface area contributed by atoms with Crippen molar-refractivity contribution < 1.29 is 14.0 Å². The Morgan fingerprint density at radius 1 is 1.35 bits per heavy atom. The second-order valence-corrected chi connectivity index (χ2v) is 6.54. The molecule has 2 aliphatic heterocycles. The molecule has 1 unspecified atom stereocenters. The molecule has 0 saturated carbocycles. The van der Waals surface area contributed by atoms with Gasteiger partial charge in [-0.15, -0.1) is 11.3 Å². The highest BCUT2D eigenvalue weighted by molar-refractivity contribution is 7.10. The Balaban J connectivity index is 1.68. The smallest absolute Gasteiger partial charge is 0.322 e. The van der Waals surface area contributed by atoms with Gasteiger partial charge in [0.05, 0.1) is 36.7 Å². The first-order chi connectivity index (χ1) is 11.1. The van der Waals surface area contributed by atoms with Gasteiger partial charge in [0.1, 0.15) is 5.76 Å². The minimum atomic E-state index is -0.372. The molecule has 0 spiro atoms. The van der Waals surface area contributed by atoms with Crippen molar-refractivity contribution in [1.29, 1.82) is 0 Å². The first kappa shape index (κ1) is 14.1. The van der Waals surface area contributed by atoms with Crippen LogP contribution in [0.25, 0.3) is 0 Å². The molecule has 1 N–H and O–H groups in total. The summed E-state index contributed by atoms with van der Waals surface area (Å²) in [4.78, 5) is 29.3. The van der Waals surface area contributed by atoms with E-state index in [-0.39, 0.29) is 18.0 Å². The summed E-state index contributed by atoms with van der Waals surface area (Å²) < 4.78 is 5.34. The molecule has 4 heterocycles. The van der Waals surface area contributed by atoms with Crippen molar-refractivity contribution in [3.63, 3.8) is 0 Å². The summed E-state index contributed by atoms with van der Waals surface area (Å²) in [5.74, 6) is 0.675. The van der Waals surface area contributed by atoms with E-state index in [1.54, 1.807) is 24.3 Å². The van der Waals surface area contributed by atoms with Crippen molar-refractivity contribution in [3.05, 3.63) is 57.8 Å². The van der Waals surface area contributed by atoms with Crippen LogP contribution in [-0.2, 0) is 11.3 Å². The lowest BCUT2D eigenvalue weighted by atomic mass is 10.0. The van der Waals surface area contributed by atoms with Crippen LogP contribution in [0.1, 0.15) is 16.7 Å². The largest absolute Gasteiger partial charge is 0.467 e.